The number of piperidine rings is 1. The molecule has 0 aliphatic carbocycles. The molecule has 2 aliphatic rings. The van der Waals surface area contributed by atoms with Crippen LogP contribution < -0.4 is 0 Å². The van der Waals surface area contributed by atoms with Crippen LogP contribution in [0.3, 0.4) is 0 Å². The zero-order chi connectivity index (χ0) is 7.68. The molecule has 0 spiro atoms. The van der Waals surface area contributed by atoms with Crippen LogP contribution in [0.25, 0.3) is 0 Å². The number of likely N-dealkylation sites (tertiary alicyclic amines) is 1. The van der Waals surface area contributed by atoms with E-state index in [2.05, 4.69) is 11.8 Å². The Labute approximate surface area is 68.5 Å². The summed E-state index contributed by atoms with van der Waals surface area (Å²) in [5, 5.41) is 0. The smallest absolute Gasteiger partial charge is 0.0936 e. The summed E-state index contributed by atoms with van der Waals surface area (Å²) < 4.78 is 5.20. The minimum atomic E-state index is 0.586. The molecule has 0 amide bonds. The Morgan fingerprint density at radius 1 is 1.36 bits per heavy atom. The Morgan fingerprint density at radius 3 is 2.55 bits per heavy atom. The third kappa shape index (κ3) is 2.17. The van der Waals surface area contributed by atoms with Crippen molar-refractivity contribution in [2.24, 2.45) is 5.92 Å². The lowest BCUT2D eigenvalue weighted by Gasteiger charge is -2.29. The van der Waals surface area contributed by atoms with Crippen molar-refractivity contribution < 1.29 is 4.74 Å². The van der Waals surface area contributed by atoms with Crippen molar-refractivity contribution in [1.82, 2.24) is 4.90 Å². The Kier molecular flexibility index (Phi) is 2.14. The van der Waals surface area contributed by atoms with Crippen molar-refractivity contribution in [2.45, 2.75) is 25.9 Å². The van der Waals surface area contributed by atoms with E-state index in [0.717, 1.165) is 12.5 Å². The fourth-order valence-electron chi connectivity index (χ4n) is 1.71. The van der Waals surface area contributed by atoms with Gasteiger partial charge in [-0.25, -0.2) is 0 Å². The first-order valence-corrected chi connectivity index (χ1v) is 4.68. The first-order valence-electron chi connectivity index (χ1n) is 4.68. The summed E-state index contributed by atoms with van der Waals surface area (Å²) in [7, 11) is 0. The van der Waals surface area contributed by atoms with Crippen molar-refractivity contribution in [3.63, 3.8) is 0 Å². The average molecular weight is 155 g/mol. The number of ether oxygens (including phenoxy) is 1. The molecular formula is C9H17NO. The largest absolute Gasteiger partial charge is 0.372 e. The zero-order valence-electron chi connectivity index (χ0n) is 7.25. The van der Waals surface area contributed by atoms with E-state index in [1.54, 1.807) is 0 Å². The van der Waals surface area contributed by atoms with E-state index in [4.69, 9.17) is 4.74 Å². The van der Waals surface area contributed by atoms with Crippen molar-refractivity contribution in [3.8, 4) is 0 Å². The van der Waals surface area contributed by atoms with Crippen LogP contribution in [0, 0.1) is 5.92 Å². The van der Waals surface area contributed by atoms with Crippen LogP contribution >= 0.6 is 0 Å². The molecule has 2 saturated heterocycles. The number of nitrogens with zero attached hydrogens (tertiary/aromatic N) is 1. The summed E-state index contributed by atoms with van der Waals surface area (Å²) in [6, 6.07) is 0. The van der Waals surface area contributed by atoms with Crippen LogP contribution in [0.5, 0.6) is 0 Å². The van der Waals surface area contributed by atoms with E-state index in [9.17, 15) is 0 Å². The molecule has 2 heteroatoms. The standard InChI is InChI=1S/C9H17NO/c1-8-2-4-10(5-3-8)6-9-7-11-9/h8-9H,2-7H2,1H3/t9-/m1/s1. The number of hydrogen-bond acceptors (Lipinski definition) is 2. The summed E-state index contributed by atoms with van der Waals surface area (Å²) in [6.07, 6.45) is 3.35. The van der Waals surface area contributed by atoms with Crippen molar-refractivity contribution in [3.05, 3.63) is 0 Å². The molecule has 64 valence electrons. The zero-order valence-corrected chi connectivity index (χ0v) is 7.25. The Balaban J connectivity index is 1.69. The lowest BCUT2D eigenvalue weighted by Crippen LogP contribution is -2.35. The highest BCUT2D eigenvalue weighted by Crippen LogP contribution is 2.18. The predicted octanol–water partition coefficient (Wildman–Crippen LogP) is 1.12. The van der Waals surface area contributed by atoms with Gasteiger partial charge in [-0.05, 0) is 31.8 Å². The van der Waals surface area contributed by atoms with Crippen LogP contribution in [-0.4, -0.2) is 37.2 Å². The van der Waals surface area contributed by atoms with Gasteiger partial charge >= 0.3 is 0 Å². The maximum absolute atomic E-state index is 5.20. The lowest BCUT2D eigenvalue weighted by atomic mass is 9.99. The molecule has 2 fully saturated rings. The Bertz CT molecular complexity index is 126. The average Bonchev–Trinajstić information content (AvgIpc) is 2.78. The normalized spacial score (nSPS) is 34.1. The third-order valence-electron chi connectivity index (χ3n) is 2.74. The molecule has 2 heterocycles. The molecule has 11 heavy (non-hydrogen) atoms. The molecule has 2 rings (SSSR count). The Hall–Kier alpha value is -0.0800. The minimum absolute atomic E-state index is 0.586. The molecule has 0 unspecified atom stereocenters. The highest BCUT2D eigenvalue weighted by Gasteiger charge is 2.26. The highest BCUT2D eigenvalue weighted by molar-refractivity contribution is 4.77. The summed E-state index contributed by atoms with van der Waals surface area (Å²) in [4.78, 5) is 2.54. The van der Waals surface area contributed by atoms with E-state index in [1.165, 1.54) is 32.5 Å². The summed E-state index contributed by atoms with van der Waals surface area (Å²) in [6.45, 7) is 7.13. The topological polar surface area (TPSA) is 15.8 Å². The molecule has 2 nitrogen and oxygen atoms in total. The molecular weight excluding hydrogens is 138 g/mol. The molecule has 0 aromatic rings. The van der Waals surface area contributed by atoms with Gasteiger partial charge in [-0.1, -0.05) is 6.92 Å². The molecule has 1 atom stereocenters. The van der Waals surface area contributed by atoms with Gasteiger partial charge in [0.25, 0.3) is 0 Å². The SMILES string of the molecule is CC1CCN(C[C@@H]2CO2)CC1. The summed E-state index contributed by atoms with van der Waals surface area (Å²) in [5.41, 5.74) is 0. The number of hydrogen-bond donors (Lipinski definition) is 0. The van der Waals surface area contributed by atoms with Gasteiger partial charge in [0.15, 0.2) is 0 Å². The monoisotopic (exact) mass is 155 g/mol. The Morgan fingerprint density at radius 2 is 2.00 bits per heavy atom. The van der Waals surface area contributed by atoms with Gasteiger partial charge in [0.2, 0.25) is 0 Å². The predicted molar refractivity (Wildman–Crippen MR) is 44.6 cm³/mol. The molecule has 0 N–H and O–H groups in total. The van der Waals surface area contributed by atoms with Gasteiger partial charge in [-0.3, -0.25) is 0 Å². The van der Waals surface area contributed by atoms with Crippen LogP contribution in [0.2, 0.25) is 0 Å². The summed E-state index contributed by atoms with van der Waals surface area (Å²) in [5.74, 6) is 0.950. The first-order chi connectivity index (χ1) is 5.34. The molecule has 0 bridgehead atoms. The van der Waals surface area contributed by atoms with Crippen LogP contribution in [-0.2, 0) is 4.74 Å². The van der Waals surface area contributed by atoms with Gasteiger partial charge in [-0.2, -0.15) is 0 Å². The number of epoxide rings is 1. The second-order valence-electron chi connectivity index (χ2n) is 3.94. The second kappa shape index (κ2) is 3.11. The molecule has 0 aromatic heterocycles. The maximum Gasteiger partial charge on any atom is 0.0936 e. The molecule has 0 aromatic carbocycles. The van der Waals surface area contributed by atoms with Crippen LogP contribution in [0.4, 0.5) is 0 Å². The fraction of sp³-hybridized carbons (Fsp3) is 1.00. The first kappa shape index (κ1) is 7.56. The van der Waals surface area contributed by atoms with Crippen molar-refractivity contribution >= 4 is 0 Å². The highest BCUT2D eigenvalue weighted by atomic mass is 16.6. The van der Waals surface area contributed by atoms with E-state index in [0.29, 0.717) is 6.10 Å². The van der Waals surface area contributed by atoms with E-state index in [-0.39, 0.29) is 0 Å². The summed E-state index contributed by atoms with van der Waals surface area (Å²) >= 11 is 0. The fourth-order valence-corrected chi connectivity index (χ4v) is 1.71. The van der Waals surface area contributed by atoms with E-state index < -0.39 is 0 Å². The number of rotatable bonds is 2. The van der Waals surface area contributed by atoms with Gasteiger partial charge < -0.3 is 9.64 Å². The van der Waals surface area contributed by atoms with Gasteiger partial charge in [0, 0.05) is 6.54 Å². The van der Waals surface area contributed by atoms with E-state index in [1.807, 2.05) is 0 Å². The van der Waals surface area contributed by atoms with Gasteiger partial charge in [0.1, 0.15) is 0 Å². The van der Waals surface area contributed by atoms with E-state index >= 15 is 0 Å². The van der Waals surface area contributed by atoms with Crippen molar-refractivity contribution in [1.29, 1.82) is 0 Å². The molecule has 2 aliphatic heterocycles. The van der Waals surface area contributed by atoms with Crippen LogP contribution in [0.1, 0.15) is 19.8 Å². The maximum atomic E-state index is 5.20. The van der Waals surface area contributed by atoms with Gasteiger partial charge in [-0.15, -0.1) is 0 Å². The lowest BCUT2D eigenvalue weighted by molar-refractivity contribution is 0.177. The third-order valence-corrected chi connectivity index (χ3v) is 2.74. The quantitative estimate of drug-likeness (QED) is 0.555. The molecule has 0 radical (unpaired) electrons. The van der Waals surface area contributed by atoms with Crippen molar-refractivity contribution in [2.75, 3.05) is 26.2 Å². The minimum Gasteiger partial charge on any atom is -0.372 e. The second-order valence-corrected chi connectivity index (χ2v) is 3.94. The van der Waals surface area contributed by atoms with Gasteiger partial charge in [0.05, 0.1) is 12.7 Å². The molecule has 0 saturated carbocycles. The van der Waals surface area contributed by atoms with Crippen LogP contribution in [0.15, 0.2) is 0 Å².